The van der Waals surface area contributed by atoms with Gasteiger partial charge >= 0.3 is 6.03 Å². The monoisotopic (exact) mass is 312 g/mol. The molecule has 0 spiro atoms. The highest BCUT2D eigenvalue weighted by molar-refractivity contribution is 5.99. The smallest absolute Gasteiger partial charge is 0.326 e. The number of anilines is 2. The number of rotatable bonds is 4. The lowest BCUT2D eigenvalue weighted by atomic mass is 10.3. The van der Waals surface area contributed by atoms with Crippen molar-refractivity contribution in [3.05, 3.63) is 48.8 Å². The normalized spacial score (nSPS) is 10.3. The molecule has 2 amide bonds. The molecule has 0 saturated heterocycles. The third-order valence-corrected chi connectivity index (χ3v) is 3.31. The van der Waals surface area contributed by atoms with Gasteiger partial charge < -0.3 is 14.8 Å². The Bertz CT molecular complexity index is 844. The lowest BCUT2D eigenvalue weighted by molar-refractivity contribution is 0.262. The SMILES string of the molecule is COc1ccc(NC(=O)Nc2ncc3ccccn23)cc1OC. The minimum atomic E-state index is -0.395. The largest absolute Gasteiger partial charge is 0.493 e. The van der Waals surface area contributed by atoms with Crippen molar-refractivity contribution in [2.75, 3.05) is 24.9 Å². The number of nitrogens with one attached hydrogen (secondary N) is 2. The van der Waals surface area contributed by atoms with Crippen molar-refractivity contribution < 1.29 is 14.3 Å². The molecule has 0 aliphatic heterocycles. The van der Waals surface area contributed by atoms with Gasteiger partial charge in [0, 0.05) is 18.0 Å². The zero-order chi connectivity index (χ0) is 16.2. The molecule has 7 heteroatoms. The Morgan fingerprint density at radius 1 is 1.09 bits per heavy atom. The van der Waals surface area contributed by atoms with Crippen LogP contribution in [-0.4, -0.2) is 29.6 Å². The maximum absolute atomic E-state index is 12.1. The Hall–Kier alpha value is -3.22. The van der Waals surface area contributed by atoms with Crippen LogP contribution in [0, 0.1) is 0 Å². The highest BCUT2D eigenvalue weighted by atomic mass is 16.5. The number of ether oxygens (including phenoxy) is 2. The summed E-state index contributed by atoms with van der Waals surface area (Å²) in [5, 5.41) is 5.44. The Morgan fingerprint density at radius 3 is 2.70 bits per heavy atom. The van der Waals surface area contributed by atoms with Crippen LogP contribution in [0.4, 0.5) is 16.4 Å². The van der Waals surface area contributed by atoms with Gasteiger partial charge in [0.25, 0.3) is 0 Å². The van der Waals surface area contributed by atoms with Crippen LogP contribution < -0.4 is 20.1 Å². The molecule has 3 rings (SSSR count). The van der Waals surface area contributed by atoms with Crippen LogP contribution in [0.25, 0.3) is 5.52 Å². The van der Waals surface area contributed by atoms with E-state index in [0.29, 0.717) is 23.1 Å². The van der Waals surface area contributed by atoms with E-state index in [2.05, 4.69) is 15.6 Å². The standard InChI is InChI=1S/C16H16N4O3/c1-22-13-7-6-11(9-14(13)23-2)18-16(21)19-15-17-10-12-5-3-4-8-20(12)15/h3-10H,1-2H3,(H2,17,18,19,21). The fraction of sp³-hybridized carbons (Fsp3) is 0.125. The number of hydrogen-bond donors (Lipinski definition) is 2. The summed E-state index contributed by atoms with van der Waals surface area (Å²) in [6.07, 6.45) is 3.51. The molecule has 0 saturated carbocycles. The van der Waals surface area contributed by atoms with Crippen LogP contribution in [0.15, 0.2) is 48.8 Å². The zero-order valence-electron chi connectivity index (χ0n) is 12.7. The van der Waals surface area contributed by atoms with Crippen LogP contribution in [0.3, 0.4) is 0 Å². The number of nitrogens with zero attached hydrogens (tertiary/aromatic N) is 2. The van der Waals surface area contributed by atoms with E-state index in [0.717, 1.165) is 5.52 Å². The topological polar surface area (TPSA) is 76.9 Å². The molecule has 0 unspecified atom stereocenters. The molecular weight excluding hydrogens is 296 g/mol. The van der Waals surface area contributed by atoms with Gasteiger partial charge in [0.1, 0.15) is 0 Å². The molecule has 0 fully saturated rings. The first-order chi connectivity index (χ1) is 11.2. The molecule has 0 aliphatic rings. The summed E-state index contributed by atoms with van der Waals surface area (Å²) in [5.74, 6) is 1.58. The number of urea groups is 1. The van der Waals surface area contributed by atoms with Gasteiger partial charge in [-0.2, -0.15) is 0 Å². The number of hydrogen-bond acceptors (Lipinski definition) is 4. The van der Waals surface area contributed by atoms with Gasteiger partial charge in [-0.25, -0.2) is 9.78 Å². The van der Waals surface area contributed by atoms with Gasteiger partial charge in [-0.15, -0.1) is 0 Å². The summed E-state index contributed by atoms with van der Waals surface area (Å²) in [6.45, 7) is 0. The molecule has 2 aromatic heterocycles. The molecule has 118 valence electrons. The van der Waals surface area contributed by atoms with Crippen LogP contribution >= 0.6 is 0 Å². The van der Waals surface area contributed by atoms with Gasteiger partial charge in [0.15, 0.2) is 11.5 Å². The number of carbonyl (C=O) groups excluding carboxylic acids is 1. The van der Waals surface area contributed by atoms with Crippen molar-refractivity contribution in [1.82, 2.24) is 9.38 Å². The van der Waals surface area contributed by atoms with Gasteiger partial charge in [0.05, 0.1) is 25.9 Å². The maximum Gasteiger partial charge on any atom is 0.326 e. The fourth-order valence-electron chi connectivity index (χ4n) is 2.21. The quantitative estimate of drug-likeness (QED) is 0.776. The number of amides is 2. The summed E-state index contributed by atoms with van der Waals surface area (Å²) in [4.78, 5) is 16.3. The Kier molecular flexibility index (Phi) is 4.01. The number of carbonyl (C=O) groups is 1. The van der Waals surface area contributed by atoms with Crippen molar-refractivity contribution in [2.24, 2.45) is 0 Å². The molecule has 23 heavy (non-hydrogen) atoms. The molecule has 3 aromatic rings. The van der Waals surface area contributed by atoms with E-state index in [1.54, 1.807) is 43.0 Å². The van der Waals surface area contributed by atoms with Gasteiger partial charge in [0.2, 0.25) is 5.95 Å². The van der Waals surface area contributed by atoms with E-state index >= 15 is 0 Å². The summed E-state index contributed by atoms with van der Waals surface area (Å²) < 4.78 is 12.2. The van der Waals surface area contributed by atoms with Crippen LogP contribution in [0.5, 0.6) is 11.5 Å². The van der Waals surface area contributed by atoms with E-state index in [-0.39, 0.29) is 0 Å². The molecule has 2 N–H and O–H groups in total. The minimum Gasteiger partial charge on any atom is -0.493 e. The van der Waals surface area contributed by atoms with Crippen molar-refractivity contribution in [3.63, 3.8) is 0 Å². The van der Waals surface area contributed by atoms with Crippen molar-refractivity contribution in [2.45, 2.75) is 0 Å². The van der Waals surface area contributed by atoms with Crippen molar-refractivity contribution >= 4 is 23.2 Å². The molecule has 0 aliphatic carbocycles. The average molecular weight is 312 g/mol. The summed E-state index contributed by atoms with van der Waals surface area (Å²) in [5.41, 5.74) is 1.48. The lowest BCUT2D eigenvalue weighted by Crippen LogP contribution is -2.20. The predicted octanol–water partition coefficient (Wildman–Crippen LogP) is 3.00. The predicted molar refractivity (Wildman–Crippen MR) is 87.4 cm³/mol. The molecule has 0 radical (unpaired) electrons. The maximum atomic E-state index is 12.1. The van der Waals surface area contributed by atoms with E-state index < -0.39 is 6.03 Å². The van der Waals surface area contributed by atoms with E-state index in [1.807, 2.05) is 24.4 Å². The highest BCUT2D eigenvalue weighted by Gasteiger charge is 2.10. The van der Waals surface area contributed by atoms with Crippen LogP contribution in [0.2, 0.25) is 0 Å². The summed E-state index contributed by atoms with van der Waals surface area (Å²) in [6, 6.07) is 10.4. The first-order valence-electron chi connectivity index (χ1n) is 6.93. The van der Waals surface area contributed by atoms with Crippen molar-refractivity contribution in [1.29, 1.82) is 0 Å². The Balaban J connectivity index is 1.74. The molecular formula is C16H16N4O3. The highest BCUT2D eigenvalue weighted by Crippen LogP contribution is 2.29. The molecule has 2 heterocycles. The van der Waals surface area contributed by atoms with E-state index in [9.17, 15) is 4.79 Å². The first-order valence-corrected chi connectivity index (χ1v) is 6.93. The third kappa shape index (κ3) is 3.03. The van der Waals surface area contributed by atoms with Gasteiger partial charge in [-0.1, -0.05) is 6.07 Å². The first kappa shape index (κ1) is 14.7. The fourth-order valence-corrected chi connectivity index (χ4v) is 2.21. The van der Waals surface area contributed by atoms with Crippen LogP contribution in [0.1, 0.15) is 0 Å². The number of aromatic nitrogens is 2. The molecule has 1 aromatic carbocycles. The number of imidazole rings is 1. The second-order valence-electron chi connectivity index (χ2n) is 4.73. The van der Waals surface area contributed by atoms with Crippen LogP contribution in [-0.2, 0) is 0 Å². The minimum absolute atomic E-state index is 0.395. The second kappa shape index (κ2) is 6.27. The summed E-state index contributed by atoms with van der Waals surface area (Å²) >= 11 is 0. The Morgan fingerprint density at radius 2 is 1.91 bits per heavy atom. The average Bonchev–Trinajstić information content (AvgIpc) is 2.97. The number of methoxy groups -OCH3 is 2. The van der Waals surface area contributed by atoms with E-state index in [1.165, 1.54) is 0 Å². The zero-order valence-corrected chi connectivity index (χ0v) is 12.7. The molecule has 0 bridgehead atoms. The Labute approximate surface area is 132 Å². The molecule has 0 atom stereocenters. The third-order valence-electron chi connectivity index (χ3n) is 3.31. The lowest BCUT2D eigenvalue weighted by Gasteiger charge is -2.11. The summed E-state index contributed by atoms with van der Waals surface area (Å²) in [7, 11) is 3.10. The second-order valence-corrected chi connectivity index (χ2v) is 4.73. The van der Waals surface area contributed by atoms with Gasteiger partial charge in [-0.05, 0) is 24.3 Å². The molecule has 7 nitrogen and oxygen atoms in total. The number of benzene rings is 1. The van der Waals surface area contributed by atoms with Crippen molar-refractivity contribution in [3.8, 4) is 11.5 Å². The van der Waals surface area contributed by atoms with Gasteiger partial charge in [-0.3, -0.25) is 9.72 Å². The van der Waals surface area contributed by atoms with E-state index in [4.69, 9.17) is 9.47 Å². The number of fused-ring (bicyclic) bond motifs is 1. The number of pyridine rings is 1.